The number of halogens is 1. The lowest BCUT2D eigenvalue weighted by atomic mass is 10.1. The Morgan fingerprint density at radius 3 is 2.21 bits per heavy atom. The van der Waals surface area contributed by atoms with E-state index < -0.39 is 0 Å². The number of amides is 2. The first kappa shape index (κ1) is 21.5. The average Bonchev–Trinajstić information content (AvgIpc) is 3.32. The molecule has 0 radical (unpaired) electrons. The smallest absolute Gasteiger partial charge is 0.278 e. The fourth-order valence-corrected chi connectivity index (χ4v) is 4.04. The van der Waals surface area contributed by atoms with Gasteiger partial charge in [-0.05, 0) is 29.1 Å². The summed E-state index contributed by atoms with van der Waals surface area (Å²) in [5, 5.41) is 2.50. The molecule has 0 N–H and O–H groups in total. The number of hydrogen-bond donors (Lipinski definition) is 0. The Morgan fingerprint density at radius 1 is 1.00 bits per heavy atom. The molecule has 1 aliphatic rings. The molecule has 0 atom stereocenters. The van der Waals surface area contributed by atoms with E-state index in [0.29, 0.717) is 42.6 Å². The van der Waals surface area contributed by atoms with Crippen molar-refractivity contribution in [1.82, 2.24) is 9.80 Å². The lowest BCUT2D eigenvalue weighted by Gasteiger charge is -2.25. The fourth-order valence-electron chi connectivity index (χ4n) is 3.15. The van der Waals surface area contributed by atoms with Crippen LogP contribution in [-0.2, 0) is 25.6 Å². The summed E-state index contributed by atoms with van der Waals surface area (Å²) in [5.41, 5.74) is 1.68. The molecule has 154 valence electrons. The highest BCUT2D eigenvalue weighted by Gasteiger charge is 2.41. The average molecular weight is 435 g/mol. The van der Waals surface area contributed by atoms with E-state index >= 15 is 0 Å². The van der Waals surface area contributed by atoms with Crippen LogP contribution in [-0.4, -0.2) is 62.1 Å². The van der Waals surface area contributed by atoms with E-state index in [1.54, 1.807) is 26.4 Å². The van der Waals surface area contributed by atoms with Crippen LogP contribution in [0, 0.1) is 0 Å². The van der Waals surface area contributed by atoms with E-state index in [1.807, 2.05) is 34.5 Å². The molecular weight excluding hydrogens is 412 g/mol. The van der Waals surface area contributed by atoms with Gasteiger partial charge in [-0.25, -0.2) is 0 Å². The molecule has 6 nitrogen and oxygen atoms in total. The largest absolute Gasteiger partial charge is 0.383 e. The maximum Gasteiger partial charge on any atom is 0.278 e. The van der Waals surface area contributed by atoms with Crippen LogP contribution >= 0.6 is 22.9 Å². The number of imide groups is 1. The van der Waals surface area contributed by atoms with E-state index in [1.165, 1.54) is 16.2 Å². The van der Waals surface area contributed by atoms with Gasteiger partial charge in [-0.1, -0.05) is 29.8 Å². The number of thiophene rings is 1. The number of carbonyl (C=O) groups is 2. The molecule has 0 unspecified atom stereocenters. The Bertz CT molecular complexity index is 873. The zero-order valence-electron chi connectivity index (χ0n) is 16.4. The van der Waals surface area contributed by atoms with Crippen molar-refractivity contribution in [2.75, 3.05) is 40.5 Å². The van der Waals surface area contributed by atoms with Gasteiger partial charge in [-0.3, -0.25) is 14.5 Å². The van der Waals surface area contributed by atoms with Crippen molar-refractivity contribution >= 4 is 40.3 Å². The number of benzene rings is 1. The van der Waals surface area contributed by atoms with Crippen molar-refractivity contribution in [3.8, 4) is 0 Å². The van der Waals surface area contributed by atoms with Crippen molar-refractivity contribution in [2.45, 2.75) is 6.54 Å². The van der Waals surface area contributed by atoms with Crippen molar-refractivity contribution in [3.63, 3.8) is 0 Å². The summed E-state index contributed by atoms with van der Waals surface area (Å²) in [6.07, 6.45) is 0. The fraction of sp³-hybridized carbons (Fsp3) is 0.333. The summed E-state index contributed by atoms with van der Waals surface area (Å²) >= 11 is 7.39. The summed E-state index contributed by atoms with van der Waals surface area (Å²) in [6.45, 7) is 2.03. The first-order chi connectivity index (χ1) is 14.1. The van der Waals surface area contributed by atoms with E-state index in [0.717, 1.165) is 10.4 Å². The molecular formula is C21H23ClN2O4S. The van der Waals surface area contributed by atoms with E-state index in [-0.39, 0.29) is 18.4 Å². The summed E-state index contributed by atoms with van der Waals surface area (Å²) in [5.74, 6) is -0.595. The normalized spacial score (nSPS) is 14.2. The number of methoxy groups -OCH3 is 2. The Morgan fingerprint density at radius 2 is 1.66 bits per heavy atom. The van der Waals surface area contributed by atoms with Gasteiger partial charge in [0.1, 0.15) is 5.70 Å². The topological polar surface area (TPSA) is 59.1 Å². The zero-order valence-corrected chi connectivity index (χ0v) is 18.0. The van der Waals surface area contributed by atoms with Crippen LogP contribution in [0.5, 0.6) is 0 Å². The van der Waals surface area contributed by atoms with Crippen LogP contribution in [0.2, 0.25) is 5.02 Å². The third-order valence-electron chi connectivity index (χ3n) is 4.61. The SMILES string of the molecule is COCCN(CCOC)C1=C(c2cccs2)C(=O)N(Cc2ccc(Cl)cc2)C1=O. The molecule has 8 heteroatoms. The summed E-state index contributed by atoms with van der Waals surface area (Å²) < 4.78 is 10.4. The van der Waals surface area contributed by atoms with E-state index in [4.69, 9.17) is 21.1 Å². The molecule has 0 saturated heterocycles. The first-order valence-electron chi connectivity index (χ1n) is 9.18. The zero-order chi connectivity index (χ0) is 20.8. The Balaban J connectivity index is 1.97. The quantitative estimate of drug-likeness (QED) is 0.537. The molecule has 0 fully saturated rings. The highest BCUT2D eigenvalue weighted by atomic mass is 35.5. The number of ether oxygens (including phenoxy) is 2. The van der Waals surface area contributed by atoms with Gasteiger partial charge in [0, 0.05) is 37.2 Å². The number of carbonyl (C=O) groups excluding carboxylic acids is 2. The van der Waals surface area contributed by atoms with Crippen molar-refractivity contribution < 1.29 is 19.1 Å². The predicted octanol–water partition coefficient (Wildman–Crippen LogP) is 3.28. The lowest BCUT2D eigenvalue weighted by molar-refractivity contribution is -0.138. The van der Waals surface area contributed by atoms with Crippen LogP contribution in [0.3, 0.4) is 0 Å². The third kappa shape index (κ3) is 4.87. The maximum absolute atomic E-state index is 13.4. The number of nitrogens with zero attached hydrogens (tertiary/aromatic N) is 2. The van der Waals surface area contributed by atoms with Gasteiger partial charge < -0.3 is 14.4 Å². The van der Waals surface area contributed by atoms with Gasteiger partial charge >= 0.3 is 0 Å². The summed E-state index contributed by atoms with van der Waals surface area (Å²) in [6, 6.07) is 10.9. The Labute approximate surface area is 179 Å². The van der Waals surface area contributed by atoms with Crippen molar-refractivity contribution in [1.29, 1.82) is 0 Å². The summed E-state index contributed by atoms with van der Waals surface area (Å²) in [4.78, 5) is 30.6. The lowest BCUT2D eigenvalue weighted by Crippen LogP contribution is -2.37. The van der Waals surface area contributed by atoms with Crippen LogP contribution < -0.4 is 0 Å². The van der Waals surface area contributed by atoms with Crippen molar-refractivity contribution in [2.24, 2.45) is 0 Å². The van der Waals surface area contributed by atoms with Crippen LogP contribution in [0.4, 0.5) is 0 Å². The molecule has 29 heavy (non-hydrogen) atoms. The minimum Gasteiger partial charge on any atom is -0.383 e. The highest BCUT2D eigenvalue weighted by Crippen LogP contribution is 2.34. The monoisotopic (exact) mass is 434 g/mol. The molecule has 0 spiro atoms. The van der Waals surface area contributed by atoms with E-state index in [2.05, 4.69) is 0 Å². The number of hydrogen-bond acceptors (Lipinski definition) is 6. The molecule has 1 aromatic heterocycles. The van der Waals surface area contributed by atoms with Crippen LogP contribution in [0.1, 0.15) is 10.4 Å². The van der Waals surface area contributed by atoms with Crippen LogP contribution in [0.25, 0.3) is 5.57 Å². The molecule has 1 aromatic carbocycles. The minimum atomic E-state index is -0.305. The first-order valence-corrected chi connectivity index (χ1v) is 10.4. The second-order valence-corrected chi connectivity index (χ2v) is 7.88. The molecule has 3 rings (SSSR count). The molecule has 0 saturated carbocycles. The van der Waals surface area contributed by atoms with Crippen molar-refractivity contribution in [3.05, 3.63) is 62.9 Å². The van der Waals surface area contributed by atoms with Gasteiger partial charge in [-0.15, -0.1) is 11.3 Å². The highest BCUT2D eigenvalue weighted by molar-refractivity contribution is 7.11. The van der Waals surface area contributed by atoms with Crippen LogP contribution in [0.15, 0.2) is 47.5 Å². The molecule has 0 aliphatic carbocycles. The molecule has 2 heterocycles. The van der Waals surface area contributed by atoms with E-state index in [9.17, 15) is 9.59 Å². The Hall–Kier alpha value is -2.19. The molecule has 0 bridgehead atoms. The molecule has 1 aliphatic heterocycles. The Kier molecular flexibility index (Phi) is 7.44. The van der Waals surface area contributed by atoms with Gasteiger partial charge in [0.25, 0.3) is 11.8 Å². The maximum atomic E-state index is 13.4. The second-order valence-electron chi connectivity index (χ2n) is 6.50. The second kappa shape index (κ2) is 10.0. The molecule has 2 aromatic rings. The van der Waals surface area contributed by atoms with Gasteiger partial charge in [0.15, 0.2) is 0 Å². The molecule has 2 amide bonds. The van der Waals surface area contributed by atoms with Gasteiger partial charge in [0.2, 0.25) is 0 Å². The number of rotatable bonds is 10. The van der Waals surface area contributed by atoms with Gasteiger partial charge in [-0.2, -0.15) is 0 Å². The standard InChI is InChI=1S/C21H23ClN2O4S/c1-27-11-9-23(10-12-28-2)19-18(17-4-3-13-29-17)20(25)24(21(19)26)14-15-5-7-16(22)8-6-15/h3-8,13H,9-12,14H2,1-2H3. The predicted molar refractivity (Wildman–Crippen MR) is 114 cm³/mol. The van der Waals surface area contributed by atoms with Gasteiger partial charge in [0.05, 0.1) is 25.3 Å². The minimum absolute atomic E-state index is 0.190. The summed E-state index contributed by atoms with van der Waals surface area (Å²) in [7, 11) is 3.22. The third-order valence-corrected chi connectivity index (χ3v) is 5.75.